The van der Waals surface area contributed by atoms with Crippen molar-refractivity contribution in [2.45, 2.75) is 30.6 Å². The van der Waals surface area contributed by atoms with Crippen molar-refractivity contribution in [3.63, 3.8) is 0 Å². The Labute approximate surface area is 175 Å². The topological polar surface area (TPSA) is 87.6 Å². The maximum atomic E-state index is 12.5. The standard InChI is InChI=1S/C21H22ClN3O3S/c22-17-6-4-5-16(15-17)8-13-21(26)24-18-9-11-19(12-10-18)29(27,28)25-20-7-2-1-3-14-23-20/h4-6,8-13,15H,1-3,7,14H2,(H,23,25)(H,24,26)/b13-8+. The Morgan fingerprint density at radius 2 is 1.86 bits per heavy atom. The first-order chi connectivity index (χ1) is 13.9. The average molecular weight is 432 g/mol. The number of rotatable bonds is 5. The Hall–Kier alpha value is -2.64. The second-order valence-corrected chi connectivity index (χ2v) is 8.77. The molecule has 0 saturated heterocycles. The van der Waals surface area contributed by atoms with E-state index in [9.17, 15) is 13.2 Å². The number of carbonyl (C=O) groups excluding carboxylic acids is 1. The maximum absolute atomic E-state index is 12.5. The zero-order chi connectivity index (χ0) is 20.7. The van der Waals surface area contributed by atoms with E-state index >= 15 is 0 Å². The van der Waals surface area contributed by atoms with Crippen LogP contribution in [0.1, 0.15) is 31.2 Å². The third-order valence-corrected chi connectivity index (χ3v) is 5.97. The van der Waals surface area contributed by atoms with E-state index in [2.05, 4.69) is 15.0 Å². The number of halogens is 1. The van der Waals surface area contributed by atoms with Crippen LogP contribution in [0.3, 0.4) is 0 Å². The molecule has 2 aromatic carbocycles. The molecule has 1 heterocycles. The minimum Gasteiger partial charge on any atom is -0.323 e. The fraction of sp³-hybridized carbons (Fsp3) is 0.238. The molecular weight excluding hydrogens is 410 g/mol. The van der Waals surface area contributed by atoms with Gasteiger partial charge in [0, 0.05) is 29.8 Å². The van der Waals surface area contributed by atoms with Crippen LogP contribution in [-0.2, 0) is 14.8 Å². The van der Waals surface area contributed by atoms with Crippen LogP contribution in [0.15, 0.2) is 64.5 Å². The number of nitrogens with one attached hydrogen (secondary N) is 2. The SMILES string of the molecule is O=C(/C=C/c1cccc(Cl)c1)Nc1ccc(S(=O)(=O)NC2=NCCCCC2)cc1. The van der Waals surface area contributed by atoms with Gasteiger partial charge in [0.2, 0.25) is 5.91 Å². The van der Waals surface area contributed by atoms with Crippen molar-refractivity contribution >= 4 is 45.1 Å². The maximum Gasteiger partial charge on any atom is 0.262 e. The summed E-state index contributed by atoms with van der Waals surface area (Å²) in [5.41, 5.74) is 1.30. The lowest BCUT2D eigenvalue weighted by Gasteiger charge is -2.10. The van der Waals surface area contributed by atoms with Gasteiger partial charge in [-0.3, -0.25) is 14.5 Å². The minimum absolute atomic E-state index is 0.122. The van der Waals surface area contributed by atoms with Crippen molar-refractivity contribution in [2.24, 2.45) is 4.99 Å². The lowest BCUT2D eigenvalue weighted by Crippen LogP contribution is -2.30. The van der Waals surface area contributed by atoms with Gasteiger partial charge in [0.05, 0.1) is 4.90 Å². The van der Waals surface area contributed by atoms with E-state index in [1.807, 2.05) is 6.07 Å². The smallest absolute Gasteiger partial charge is 0.262 e. The third kappa shape index (κ3) is 6.44. The monoisotopic (exact) mass is 431 g/mol. The Morgan fingerprint density at radius 3 is 2.62 bits per heavy atom. The molecule has 0 fully saturated rings. The van der Waals surface area contributed by atoms with E-state index in [1.165, 1.54) is 18.2 Å². The second-order valence-electron chi connectivity index (χ2n) is 6.65. The van der Waals surface area contributed by atoms with Crippen LogP contribution in [0.2, 0.25) is 5.02 Å². The highest BCUT2D eigenvalue weighted by molar-refractivity contribution is 7.90. The Bertz CT molecular complexity index is 1030. The largest absolute Gasteiger partial charge is 0.323 e. The summed E-state index contributed by atoms with van der Waals surface area (Å²) in [6, 6.07) is 13.1. The molecule has 3 rings (SSSR count). The second kappa shape index (κ2) is 9.71. The van der Waals surface area contributed by atoms with Crippen molar-refractivity contribution in [1.29, 1.82) is 0 Å². The minimum atomic E-state index is -3.69. The molecule has 1 amide bonds. The van der Waals surface area contributed by atoms with Crippen LogP contribution in [-0.4, -0.2) is 26.7 Å². The van der Waals surface area contributed by atoms with Gasteiger partial charge in [-0.1, -0.05) is 30.2 Å². The number of nitrogens with zero attached hydrogens (tertiary/aromatic N) is 1. The van der Waals surface area contributed by atoms with Crippen molar-refractivity contribution < 1.29 is 13.2 Å². The number of anilines is 1. The number of amidine groups is 1. The number of benzene rings is 2. The van der Waals surface area contributed by atoms with Crippen molar-refractivity contribution in [3.8, 4) is 0 Å². The van der Waals surface area contributed by atoms with Gasteiger partial charge in [0.25, 0.3) is 10.0 Å². The van der Waals surface area contributed by atoms with Crippen molar-refractivity contribution in [1.82, 2.24) is 4.72 Å². The zero-order valence-electron chi connectivity index (χ0n) is 15.8. The van der Waals surface area contributed by atoms with Crippen molar-refractivity contribution in [2.75, 3.05) is 11.9 Å². The number of aliphatic imine (C=N–C) groups is 1. The van der Waals surface area contributed by atoms with E-state index < -0.39 is 10.0 Å². The molecule has 2 N–H and O–H groups in total. The van der Waals surface area contributed by atoms with Gasteiger partial charge in [0.15, 0.2) is 0 Å². The van der Waals surface area contributed by atoms with Gasteiger partial charge in [-0.25, -0.2) is 8.42 Å². The molecule has 0 radical (unpaired) electrons. The summed E-state index contributed by atoms with van der Waals surface area (Å²) in [6.07, 6.45) is 6.63. The molecule has 0 aliphatic carbocycles. The van der Waals surface area contributed by atoms with Gasteiger partial charge in [-0.05, 0) is 60.9 Å². The fourth-order valence-corrected chi connectivity index (χ4v) is 4.14. The summed E-state index contributed by atoms with van der Waals surface area (Å²) in [4.78, 5) is 16.5. The lowest BCUT2D eigenvalue weighted by atomic mass is 10.2. The summed E-state index contributed by atoms with van der Waals surface area (Å²) in [6.45, 7) is 0.644. The number of carbonyl (C=O) groups is 1. The third-order valence-electron chi connectivity index (χ3n) is 4.33. The highest BCUT2D eigenvalue weighted by Gasteiger charge is 2.17. The van der Waals surface area contributed by atoms with Gasteiger partial charge >= 0.3 is 0 Å². The molecule has 0 unspecified atom stereocenters. The molecule has 1 aliphatic heterocycles. The first-order valence-electron chi connectivity index (χ1n) is 9.33. The zero-order valence-corrected chi connectivity index (χ0v) is 17.3. The van der Waals surface area contributed by atoms with Crippen LogP contribution in [0.4, 0.5) is 5.69 Å². The number of sulfonamides is 1. The van der Waals surface area contributed by atoms with Crippen LogP contribution in [0.5, 0.6) is 0 Å². The predicted molar refractivity (Wildman–Crippen MR) is 117 cm³/mol. The van der Waals surface area contributed by atoms with Crippen molar-refractivity contribution in [3.05, 3.63) is 65.2 Å². The fourth-order valence-electron chi connectivity index (χ4n) is 2.85. The summed E-state index contributed by atoms with van der Waals surface area (Å²) in [7, 11) is -3.69. The average Bonchev–Trinajstić information content (AvgIpc) is 2.95. The normalized spacial score (nSPS) is 14.9. The highest BCUT2D eigenvalue weighted by atomic mass is 35.5. The van der Waals surface area contributed by atoms with Gasteiger partial charge < -0.3 is 5.32 Å². The molecule has 1 aliphatic rings. The summed E-state index contributed by atoms with van der Waals surface area (Å²) in [5.74, 6) is 0.178. The number of hydrogen-bond acceptors (Lipinski definition) is 4. The molecule has 152 valence electrons. The van der Waals surface area contributed by atoms with Gasteiger partial charge in [-0.15, -0.1) is 0 Å². The highest BCUT2D eigenvalue weighted by Crippen LogP contribution is 2.16. The lowest BCUT2D eigenvalue weighted by molar-refractivity contribution is -0.111. The summed E-state index contributed by atoms with van der Waals surface area (Å²) in [5, 5.41) is 3.29. The van der Waals surface area contributed by atoms with Crippen LogP contribution >= 0.6 is 11.6 Å². The molecule has 0 bridgehead atoms. The molecule has 29 heavy (non-hydrogen) atoms. The molecule has 6 nitrogen and oxygen atoms in total. The van der Waals surface area contributed by atoms with Crippen LogP contribution in [0.25, 0.3) is 6.08 Å². The Kier molecular flexibility index (Phi) is 7.06. The quantitative estimate of drug-likeness (QED) is 0.694. The van der Waals surface area contributed by atoms with E-state index in [0.717, 1.165) is 24.8 Å². The van der Waals surface area contributed by atoms with E-state index in [1.54, 1.807) is 36.4 Å². The molecule has 0 spiro atoms. The molecular formula is C21H22ClN3O3S. The number of amides is 1. The first-order valence-corrected chi connectivity index (χ1v) is 11.2. The van der Waals surface area contributed by atoms with Gasteiger partial charge in [0.1, 0.15) is 5.84 Å². The summed E-state index contributed by atoms with van der Waals surface area (Å²) < 4.78 is 27.6. The molecule has 0 aromatic heterocycles. The molecule has 2 aromatic rings. The van der Waals surface area contributed by atoms with Crippen LogP contribution in [0, 0.1) is 0 Å². The molecule has 0 saturated carbocycles. The van der Waals surface area contributed by atoms with Crippen LogP contribution < -0.4 is 10.0 Å². The molecule has 0 atom stereocenters. The molecule has 8 heteroatoms. The van der Waals surface area contributed by atoms with E-state index in [-0.39, 0.29) is 10.8 Å². The predicted octanol–water partition coefficient (Wildman–Crippen LogP) is 4.24. The summed E-state index contributed by atoms with van der Waals surface area (Å²) >= 11 is 5.92. The first kappa shape index (κ1) is 21.1. The van der Waals surface area contributed by atoms with Gasteiger partial charge in [-0.2, -0.15) is 0 Å². The number of hydrogen-bond donors (Lipinski definition) is 2. The van der Waals surface area contributed by atoms with E-state index in [0.29, 0.717) is 29.5 Å². The Balaban J connectivity index is 1.61. The van der Waals surface area contributed by atoms with E-state index in [4.69, 9.17) is 11.6 Å². The Morgan fingerprint density at radius 1 is 1.07 bits per heavy atom.